The Morgan fingerprint density at radius 1 is 1.26 bits per heavy atom. The minimum Gasteiger partial charge on any atom is -0.465 e. The van der Waals surface area contributed by atoms with Gasteiger partial charge >= 0.3 is 11.7 Å². The molecule has 8 heteroatoms. The summed E-state index contributed by atoms with van der Waals surface area (Å²) in [5, 5.41) is 0. The van der Waals surface area contributed by atoms with Crippen molar-refractivity contribution in [3.05, 3.63) is 34.3 Å². The summed E-state index contributed by atoms with van der Waals surface area (Å²) in [6.45, 7) is 1.90. The molecule has 0 aliphatic carbocycles. The van der Waals surface area contributed by atoms with Crippen LogP contribution >= 0.6 is 0 Å². The van der Waals surface area contributed by atoms with Gasteiger partial charge in [0, 0.05) is 13.1 Å². The lowest BCUT2D eigenvalue weighted by Crippen LogP contribution is -2.43. The molecule has 1 aromatic heterocycles. The Morgan fingerprint density at radius 2 is 2.00 bits per heavy atom. The summed E-state index contributed by atoms with van der Waals surface area (Å²) >= 11 is 0. The molecule has 1 saturated heterocycles. The van der Waals surface area contributed by atoms with Crippen LogP contribution in [0.4, 0.5) is 0 Å². The molecule has 2 heterocycles. The number of rotatable bonds is 3. The van der Waals surface area contributed by atoms with E-state index in [0.717, 1.165) is 0 Å². The molecule has 0 radical (unpaired) electrons. The van der Waals surface area contributed by atoms with Gasteiger partial charge in [0.2, 0.25) is 5.91 Å². The largest absolute Gasteiger partial charge is 0.465 e. The first kappa shape index (κ1) is 15.3. The molecule has 0 bridgehead atoms. The van der Waals surface area contributed by atoms with Gasteiger partial charge in [-0.25, -0.2) is 9.59 Å². The predicted molar refractivity (Wildman–Crippen MR) is 79.2 cm³/mol. The molecule has 122 valence electrons. The Morgan fingerprint density at radius 3 is 2.70 bits per heavy atom. The maximum Gasteiger partial charge on any atom is 0.420 e. The van der Waals surface area contributed by atoms with E-state index in [1.54, 1.807) is 11.0 Å². The van der Waals surface area contributed by atoms with E-state index in [4.69, 9.17) is 9.15 Å². The molecule has 1 aliphatic heterocycles. The summed E-state index contributed by atoms with van der Waals surface area (Å²) in [5.74, 6) is -1.33. The zero-order chi connectivity index (χ0) is 16.4. The number of ether oxygens (including phenoxy) is 2. The molecular formula is C15H16N2O6. The topological polar surface area (TPSA) is 91.0 Å². The minimum atomic E-state index is -0.636. The fraction of sp³-hybridized carbons (Fsp3) is 0.400. The van der Waals surface area contributed by atoms with Crippen molar-refractivity contribution < 1.29 is 23.5 Å². The summed E-state index contributed by atoms with van der Waals surface area (Å²) < 4.78 is 16.2. The molecule has 1 fully saturated rings. The molecule has 8 nitrogen and oxygen atoms in total. The molecule has 0 spiro atoms. The van der Waals surface area contributed by atoms with Gasteiger partial charge in [0.25, 0.3) is 0 Å². The molecule has 0 unspecified atom stereocenters. The van der Waals surface area contributed by atoms with E-state index in [1.165, 1.54) is 23.8 Å². The number of methoxy groups -OCH3 is 1. The zero-order valence-corrected chi connectivity index (χ0v) is 12.6. The third-order valence-electron chi connectivity index (χ3n) is 3.75. The number of oxazole rings is 1. The van der Waals surface area contributed by atoms with Crippen LogP contribution < -0.4 is 5.76 Å². The summed E-state index contributed by atoms with van der Waals surface area (Å²) in [5.41, 5.74) is 0.984. The monoisotopic (exact) mass is 320 g/mol. The standard InChI is InChI=1S/C15H16N2O6/c1-21-14(19)10-2-3-11-12(8-10)23-15(20)17(11)9-13(18)16-4-6-22-7-5-16/h2-3,8H,4-7,9H2,1H3. The molecule has 1 aliphatic rings. The van der Waals surface area contributed by atoms with Crippen LogP contribution in [0.15, 0.2) is 27.4 Å². The van der Waals surface area contributed by atoms with Crippen LogP contribution in [-0.4, -0.2) is 54.8 Å². The van der Waals surface area contributed by atoms with E-state index >= 15 is 0 Å². The first-order chi connectivity index (χ1) is 11.1. The van der Waals surface area contributed by atoms with E-state index in [1.807, 2.05) is 0 Å². The number of carbonyl (C=O) groups is 2. The Bertz CT molecular complexity index is 800. The molecule has 1 aromatic carbocycles. The van der Waals surface area contributed by atoms with E-state index in [0.29, 0.717) is 31.8 Å². The fourth-order valence-electron chi connectivity index (χ4n) is 2.51. The van der Waals surface area contributed by atoms with Gasteiger partial charge in [-0.05, 0) is 18.2 Å². The van der Waals surface area contributed by atoms with Crippen molar-refractivity contribution in [1.29, 1.82) is 0 Å². The van der Waals surface area contributed by atoms with Gasteiger partial charge in [-0.1, -0.05) is 0 Å². The summed E-state index contributed by atoms with van der Waals surface area (Å²) in [6, 6.07) is 4.52. The normalized spacial score (nSPS) is 14.9. The molecule has 1 amide bonds. The summed E-state index contributed by atoms with van der Waals surface area (Å²) in [6.07, 6.45) is 0. The maximum atomic E-state index is 12.3. The second kappa shape index (κ2) is 6.25. The lowest BCUT2D eigenvalue weighted by Gasteiger charge is -2.26. The van der Waals surface area contributed by atoms with Gasteiger partial charge in [0.05, 0.1) is 31.4 Å². The number of nitrogens with zero attached hydrogens (tertiary/aromatic N) is 2. The number of aromatic nitrogens is 1. The highest BCUT2D eigenvalue weighted by Gasteiger charge is 2.20. The second-order valence-electron chi connectivity index (χ2n) is 5.12. The van der Waals surface area contributed by atoms with E-state index < -0.39 is 11.7 Å². The third-order valence-corrected chi connectivity index (χ3v) is 3.75. The number of hydrogen-bond donors (Lipinski definition) is 0. The number of amides is 1. The molecule has 0 N–H and O–H groups in total. The summed E-state index contributed by atoms with van der Waals surface area (Å²) in [7, 11) is 1.27. The highest BCUT2D eigenvalue weighted by atomic mass is 16.5. The Kier molecular flexibility index (Phi) is 4.16. The fourth-order valence-corrected chi connectivity index (χ4v) is 2.51. The van der Waals surface area contributed by atoms with Gasteiger partial charge < -0.3 is 18.8 Å². The highest BCUT2D eigenvalue weighted by molar-refractivity contribution is 5.93. The van der Waals surface area contributed by atoms with Crippen LogP contribution in [0.1, 0.15) is 10.4 Å². The smallest absolute Gasteiger partial charge is 0.420 e. The minimum absolute atomic E-state index is 0.108. The van der Waals surface area contributed by atoms with Crippen molar-refractivity contribution in [2.24, 2.45) is 0 Å². The van der Waals surface area contributed by atoms with Crippen molar-refractivity contribution in [3.63, 3.8) is 0 Å². The molecule has 0 atom stereocenters. The number of benzene rings is 1. The molecule has 0 saturated carbocycles. The SMILES string of the molecule is COC(=O)c1ccc2c(c1)oc(=O)n2CC(=O)N1CCOCC1. The lowest BCUT2D eigenvalue weighted by atomic mass is 10.2. The highest BCUT2D eigenvalue weighted by Crippen LogP contribution is 2.16. The lowest BCUT2D eigenvalue weighted by molar-refractivity contribution is -0.135. The van der Waals surface area contributed by atoms with E-state index in [9.17, 15) is 14.4 Å². The first-order valence-electron chi connectivity index (χ1n) is 7.17. The number of carbonyl (C=O) groups excluding carboxylic acids is 2. The van der Waals surface area contributed by atoms with Gasteiger partial charge in [-0.3, -0.25) is 9.36 Å². The number of fused-ring (bicyclic) bond motifs is 1. The third kappa shape index (κ3) is 2.98. The van der Waals surface area contributed by atoms with Crippen molar-refractivity contribution in [1.82, 2.24) is 9.47 Å². The van der Waals surface area contributed by atoms with Gasteiger partial charge in [-0.15, -0.1) is 0 Å². The summed E-state index contributed by atoms with van der Waals surface area (Å²) in [4.78, 5) is 37.4. The quantitative estimate of drug-likeness (QED) is 0.753. The van der Waals surface area contributed by atoms with Crippen LogP contribution in [0, 0.1) is 0 Å². The predicted octanol–water partition coefficient (Wildman–Crippen LogP) is 0.240. The average Bonchev–Trinajstić information content (AvgIpc) is 2.89. The van der Waals surface area contributed by atoms with Crippen LogP contribution in [0.25, 0.3) is 11.1 Å². The Balaban J connectivity index is 1.88. The number of morpholine rings is 1. The van der Waals surface area contributed by atoms with E-state index in [-0.39, 0.29) is 23.6 Å². The number of hydrogen-bond acceptors (Lipinski definition) is 6. The van der Waals surface area contributed by atoms with Crippen LogP contribution in [0.5, 0.6) is 0 Å². The van der Waals surface area contributed by atoms with E-state index in [2.05, 4.69) is 4.74 Å². The van der Waals surface area contributed by atoms with Crippen molar-refractivity contribution >= 4 is 23.0 Å². The average molecular weight is 320 g/mol. The molecule has 2 aromatic rings. The van der Waals surface area contributed by atoms with Crippen molar-refractivity contribution in [2.75, 3.05) is 33.4 Å². The van der Waals surface area contributed by atoms with Gasteiger partial charge in [0.15, 0.2) is 5.58 Å². The van der Waals surface area contributed by atoms with Crippen LogP contribution in [0.3, 0.4) is 0 Å². The van der Waals surface area contributed by atoms with Gasteiger partial charge in [-0.2, -0.15) is 0 Å². The van der Waals surface area contributed by atoms with Gasteiger partial charge in [0.1, 0.15) is 6.54 Å². The second-order valence-corrected chi connectivity index (χ2v) is 5.12. The molecular weight excluding hydrogens is 304 g/mol. The van der Waals surface area contributed by atoms with Crippen molar-refractivity contribution in [2.45, 2.75) is 6.54 Å². The molecule has 3 rings (SSSR count). The van der Waals surface area contributed by atoms with Crippen LogP contribution in [-0.2, 0) is 20.8 Å². The first-order valence-corrected chi connectivity index (χ1v) is 7.17. The number of esters is 1. The van der Waals surface area contributed by atoms with Crippen LogP contribution in [0.2, 0.25) is 0 Å². The Hall–Kier alpha value is -2.61. The maximum absolute atomic E-state index is 12.3. The molecule has 23 heavy (non-hydrogen) atoms. The Labute approximate surface area is 131 Å². The van der Waals surface area contributed by atoms with Crippen molar-refractivity contribution in [3.8, 4) is 0 Å². The zero-order valence-electron chi connectivity index (χ0n) is 12.6.